The number of aliphatic hydroxyl groups excluding tert-OH is 2. The molecule has 0 heterocycles. The topological polar surface area (TPSA) is 95.9 Å². The fourth-order valence-corrected chi connectivity index (χ4v) is 10.7. The summed E-state index contributed by atoms with van der Waals surface area (Å²) < 4.78 is 5.49. The van der Waals surface area contributed by atoms with Gasteiger partial charge in [0.2, 0.25) is 5.91 Å². The highest BCUT2D eigenvalue weighted by atomic mass is 16.5. The van der Waals surface area contributed by atoms with Crippen LogP contribution in [0.1, 0.15) is 373 Å². The molecule has 0 aromatic heterocycles. The van der Waals surface area contributed by atoms with Crippen molar-refractivity contribution in [1.29, 1.82) is 0 Å². The van der Waals surface area contributed by atoms with Crippen LogP contribution in [0.4, 0.5) is 0 Å². The molecule has 1 amide bonds. The second-order valence-electron chi connectivity index (χ2n) is 23.9. The Balaban J connectivity index is 3.42. The zero-order chi connectivity index (χ0) is 56.4. The van der Waals surface area contributed by atoms with Gasteiger partial charge in [0.15, 0.2) is 0 Å². The molecule has 0 aliphatic rings. The van der Waals surface area contributed by atoms with E-state index in [9.17, 15) is 19.8 Å². The highest BCUT2D eigenvalue weighted by molar-refractivity contribution is 5.76. The Morgan fingerprint density at radius 2 is 0.641 bits per heavy atom. The second kappa shape index (κ2) is 67.3. The van der Waals surface area contributed by atoms with Crippen molar-refractivity contribution in [2.24, 2.45) is 0 Å². The summed E-state index contributed by atoms with van der Waals surface area (Å²) in [6, 6.07) is -0.631. The van der Waals surface area contributed by atoms with Gasteiger partial charge in [-0.25, -0.2) is 0 Å². The molecule has 0 radical (unpaired) electrons. The number of carbonyl (C=O) groups excluding carboxylic acids is 2. The van der Waals surface area contributed by atoms with Crippen LogP contribution in [0.15, 0.2) is 48.6 Å². The van der Waals surface area contributed by atoms with Gasteiger partial charge in [0.1, 0.15) is 0 Å². The molecule has 0 saturated heterocycles. The number of carbonyl (C=O) groups is 2. The first-order valence-corrected chi connectivity index (χ1v) is 34.9. The van der Waals surface area contributed by atoms with Crippen molar-refractivity contribution in [3.05, 3.63) is 48.6 Å². The third-order valence-electron chi connectivity index (χ3n) is 16.1. The van der Waals surface area contributed by atoms with E-state index in [1.165, 1.54) is 295 Å². The zero-order valence-corrected chi connectivity index (χ0v) is 52.4. The van der Waals surface area contributed by atoms with Gasteiger partial charge in [-0.15, -0.1) is 0 Å². The quantitative estimate of drug-likeness (QED) is 0.0320. The lowest BCUT2D eigenvalue weighted by Crippen LogP contribution is -2.45. The minimum Gasteiger partial charge on any atom is -0.466 e. The summed E-state index contributed by atoms with van der Waals surface area (Å²) in [6.07, 6.45) is 87.5. The maximum Gasteiger partial charge on any atom is 0.305 e. The number of amides is 1. The first-order chi connectivity index (χ1) is 38.5. The average molecular weight is 1090 g/mol. The van der Waals surface area contributed by atoms with E-state index in [1.54, 1.807) is 6.08 Å². The maximum atomic E-state index is 12.5. The summed E-state index contributed by atoms with van der Waals surface area (Å²) in [6.45, 7) is 4.91. The highest BCUT2D eigenvalue weighted by Gasteiger charge is 2.18. The van der Waals surface area contributed by atoms with E-state index >= 15 is 0 Å². The second-order valence-corrected chi connectivity index (χ2v) is 23.9. The molecule has 6 nitrogen and oxygen atoms in total. The first kappa shape index (κ1) is 75.8. The van der Waals surface area contributed by atoms with Crippen molar-refractivity contribution in [2.75, 3.05) is 13.2 Å². The molecule has 2 atom stereocenters. The summed E-state index contributed by atoms with van der Waals surface area (Å²) in [4.78, 5) is 24.6. The van der Waals surface area contributed by atoms with E-state index in [0.717, 1.165) is 51.4 Å². The lowest BCUT2D eigenvalue weighted by atomic mass is 10.0. The van der Waals surface area contributed by atoms with E-state index in [2.05, 4.69) is 55.6 Å². The predicted octanol–water partition coefficient (Wildman–Crippen LogP) is 22.5. The van der Waals surface area contributed by atoms with Crippen molar-refractivity contribution in [3.8, 4) is 0 Å². The summed E-state index contributed by atoms with van der Waals surface area (Å²) in [5.41, 5.74) is 0. The van der Waals surface area contributed by atoms with Crippen LogP contribution in [0, 0.1) is 0 Å². The molecule has 0 aromatic carbocycles. The van der Waals surface area contributed by atoms with Gasteiger partial charge in [0.25, 0.3) is 0 Å². The smallest absolute Gasteiger partial charge is 0.305 e. The van der Waals surface area contributed by atoms with Gasteiger partial charge < -0.3 is 20.3 Å². The van der Waals surface area contributed by atoms with Gasteiger partial charge in [-0.2, -0.15) is 0 Å². The van der Waals surface area contributed by atoms with Gasteiger partial charge >= 0.3 is 5.97 Å². The number of ether oxygens (including phenoxy) is 1. The number of rotatable bonds is 65. The Labute approximate surface area is 486 Å². The standard InChI is InChI=1S/C72H135NO5/c1-3-5-7-9-11-13-15-17-19-21-30-33-36-40-44-48-52-56-60-64-70(75)69(68-74)73-71(76)65-61-57-53-49-45-41-37-34-31-28-26-24-22-23-25-27-29-32-35-39-43-47-51-55-59-63-67-78-72(77)66-62-58-54-50-46-42-38-20-18-16-14-12-10-8-6-4-2/h14,16,20,22,24,38,60,64,69-70,74-75H,3-13,15,17-19,21,23,25-37,39-59,61-63,65-68H2,1-2H3,(H,73,76)/b16-14-,24-22-,38-20-,64-60+. The average Bonchev–Trinajstić information content (AvgIpc) is 3.44. The molecule has 0 fully saturated rings. The van der Waals surface area contributed by atoms with Crippen LogP contribution >= 0.6 is 0 Å². The lowest BCUT2D eigenvalue weighted by molar-refractivity contribution is -0.143. The zero-order valence-electron chi connectivity index (χ0n) is 52.4. The summed E-state index contributed by atoms with van der Waals surface area (Å²) in [7, 11) is 0. The molecule has 0 aliphatic carbocycles. The number of nitrogens with one attached hydrogen (secondary N) is 1. The number of allylic oxidation sites excluding steroid dienone is 7. The molecule has 0 saturated carbocycles. The third kappa shape index (κ3) is 63.0. The maximum absolute atomic E-state index is 12.5. The SMILES string of the molecule is CCCCCC/C=C\C/C=C\CCCCCCCC(=O)OCCCCCCCCCCCCCC/C=C\CCCCCCCCCCCCC(=O)NC(CO)C(O)/C=C/CCCCCCCCCCCCCCCCCCC. The molecule has 3 N–H and O–H groups in total. The molecule has 458 valence electrons. The van der Waals surface area contributed by atoms with E-state index < -0.39 is 12.1 Å². The fraction of sp³-hybridized carbons (Fsp3) is 0.861. The third-order valence-corrected chi connectivity index (χ3v) is 16.1. The van der Waals surface area contributed by atoms with Gasteiger partial charge in [0, 0.05) is 12.8 Å². The van der Waals surface area contributed by atoms with Crippen LogP contribution in [-0.2, 0) is 14.3 Å². The molecule has 0 spiro atoms. The van der Waals surface area contributed by atoms with Crippen molar-refractivity contribution in [3.63, 3.8) is 0 Å². The Bertz CT molecular complexity index is 1310. The van der Waals surface area contributed by atoms with Crippen LogP contribution in [0.25, 0.3) is 0 Å². The van der Waals surface area contributed by atoms with Crippen molar-refractivity contribution in [1.82, 2.24) is 5.32 Å². The highest BCUT2D eigenvalue weighted by Crippen LogP contribution is 2.18. The Morgan fingerprint density at radius 1 is 0.359 bits per heavy atom. The van der Waals surface area contributed by atoms with Crippen LogP contribution in [0.5, 0.6) is 0 Å². The number of esters is 1. The minimum absolute atomic E-state index is 0.000550. The molecule has 0 aromatic rings. The normalized spacial score (nSPS) is 12.8. The van der Waals surface area contributed by atoms with E-state index in [4.69, 9.17) is 4.74 Å². The number of unbranched alkanes of at least 4 members (excludes halogenated alkanes) is 48. The molecule has 78 heavy (non-hydrogen) atoms. The number of hydrogen-bond donors (Lipinski definition) is 3. The molecular weight excluding hydrogens is 959 g/mol. The molecule has 0 aliphatic heterocycles. The Kier molecular flexibility index (Phi) is 65.4. The minimum atomic E-state index is -0.847. The van der Waals surface area contributed by atoms with Gasteiger partial charge in [-0.3, -0.25) is 9.59 Å². The van der Waals surface area contributed by atoms with Crippen molar-refractivity contribution >= 4 is 11.9 Å². The molecule has 6 heteroatoms. The summed E-state index contributed by atoms with van der Waals surface area (Å²) >= 11 is 0. The largest absolute Gasteiger partial charge is 0.466 e. The molecule has 0 rings (SSSR count). The Hall–Kier alpha value is -2.18. The Morgan fingerprint density at radius 3 is 1.00 bits per heavy atom. The van der Waals surface area contributed by atoms with Crippen LogP contribution in [0.2, 0.25) is 0 Å². The van der Waals surface area contributed by atoms with E-state index in [0.29, 0.717) is 19.4 Å². The summed E-state index contributed by atoms with van der Waals surface area (Å²) in [5.74, 6) is -0.0668. The monoisotopic (exact) mass is 1090 g/mol. The fourth-order valence-electron chi connectivity index (χ4n) is 10.7. The first-order valence-electron chi connectivity index (χ1n) is 34.9. The molecule has 2 unspecified atom stereocenters. The van der Waals surface area contributed by atoms with Crippen molar-refractivity contribution in [2.45, 2.75) is 386 Å². The van der Waals surface area contributed by atoms with Crippen LogP contribution in [0.3, 0.4) is 0 Å². The van der Waals surface area contributed by atoms with Gasteiger partial charge in [0.05, 0.1) is 25.4 Å². The van der Waals surface area contributed by atoms with Crippen LogP contribution < -0.4 is 5.32 Å². The van der Waals surface area contributed by atoms with Gasteiger partial charge in [-0.1, -0.05) is 319 Å². The van der Waals surface area contributed by atoms with E-state index in [-0.39, 0.29) is 18.5 Å². The molecular formula is C72H135NO5. The molecule has 0 bridgehead atoms. The van der Waals surface area contributed by atoms with E-state index in [1.807, 2.05) is 6.08 Å². The number of aliphatic hydroxyl groups is 2. The predicted molar refractivity (Wildman–Crippen MR) is 342 cm³/mol. The van der Waals surface area contributed by atoms with Crippen molar-refractivity contribution < 1.29 is 24.5 Å². The van der Waals surface area contributed by atoms with Gasteiger partial charge in [-0.05, 0) is 89.9 Å². The lowest BCUT2D eigenvalue weighted by Gasteiger charge is -2.20. The summed E-state index contributed by atoms with van der Waals surface area (Å²) in [5, 5.41) is 23.2. The number of hydrogen-bond acceptors (Lipinski definition) is 5. The van der Waals surface area contributed by atoms with Crippen LogP contribution in [-0.4, -0.2) is 47.4 Å².